The summed E-state index contributed by atoms with van der Waals surface area (Å²) in [5.74, 6) is 0.480. The van der Waals surface area contributed by atoms with Crippen molar-refractivity contribution in [1.82, 2.24) is 20.2 Å². The molecule has 1 aromatic carbocycles. The first-order valence-corrected chi connectivity index (χ1v) is 8.47. The number of benzene rings is 1. The van der Waals surface area contributed by atoms with Crippen LogP contribution < -0.4 is 10.2 Å². The molecule has 0 spiro atoms. The van der Waals surface area contributed by atoms with Crippen molar-refractivity contribution in [2.45, 2.75) is 6.42 Å². The monoisotopic (exact) mass is 343 g/mol. The lowest BCUT2D eigenvalue weighted by Gasteiger charge is -2.34. The molecular formula is C18H22FN5O. The van der Waals surface area contributed by atoms with Crippen LogP contribution in [0.15, 0.2) is 42.7 Å². The number of carbonyl (C=O) groups is 1. The van der Waals surface area contributed by atoms with Crippen LogP contribution in [0.2, 0.25) is 0 Å². The molecule has 3 rings (SSSR count). The Balaban J connectivity index is 1.37. The van der Waals surface area contributed by atoms with Crippen LogP contribution in [0.1, 0.15) is 5.56 Å². The molecule has 1 aliphatic rings. The van der Waals surface area contributed by atoms with Gasteiger partial charge in [-0.25, -0.2) is 14.4 Å². The average Bonchev–Trinajstić information content (AvgIpc) is 2.65. The van der Waals surface area contributed by atoms with Crippen LogP contribution in [0.25, 0.3) is 0 Å². The number of rotatable bonds is 6. The number of carbonyl (C=O) groups excluding carboxylic acids is 1. The fraction of sp³-hybridized carbons (Fsp3) is 0.389. The van der Waals surface area contributed by atoms with Crippen molar-refractivity contribution in [3.8, 4) is 0 Å². The fourth-order valence-corrected chi connectivity index (χ4v) is 2.86. The van der Waals surface area contributed by atoms with Crippen LogP contribution in [0.4, 0.5) is 10.3 Å². The van der Waals surface area contributed by atoms with Crippen LogP contribution in [0.3, 0.4) is 0 Å². The third-order valence-electron chi connectivity index (χ3n) is 4.25. The van der Waals surface area contributed by atoms with Gasteiger partial charge in [-0.3, -0.25) is 9.69 Å². The maximum atomic E-state index is 13.5. The molecule has 132 valence electrons. The molecule has 1 amide bonds. The van der Waals surface area contributed by atoms with Crippen molar-refractivity contribution in [3.05, 3.63) is 54.1 Å². The van der Waals surface area contributed by atoms with E-state index >= 15 is 0 Å². The number of nitrogens with one attached hydrogen (secondary N) is 1. The fourth-order valence-electron chi connectivity index (χ4n) is 2.86. The van der Waals surface area contributed by atoms with Crippen LogP contribution in [0, 0.1) is 5.82 Å². The zero-order valence-electron chi connectivity index (χ0n) is 14.1. The minimum absolute atomic E-state index is 0.0271. The summed E-state index contributed by atoms with van der Waals surface area (Å²) in [6, 6.07) is 8.44. The van der Waals surface area contributed by atoms with E-state index in [-0.39, 0.29) is 11.7 Å². The second-order valence-corrected chi connectivity index (χ2v) is 6.00. The van der Waals surface area contributed by atoms with Gasteiger partial charge in [0.15, 0.2) is 0 Å². The van der Waals surface area contributed by atoms with Crippen molar-refractivity contribution >= 4 is 11.9 Å². The number of hydrogen-bond donors (Lipinski definition) is 1. The first-order chi connectivity index (χ1) is 12.2. The summed E-state index contributed by atoms with van der Waals surface area (Å²) in [5.41, 5.74) is 0.624. The van der Waals surface area contributed by atoms with Crippen molar-refractivity contribution in [2.75, 3.05) is 44.2 Å². The minimum Gasteiger partial charge on any atom is -0.355 e. The summed E-state index contributed by atoms with van der Waals surface area (Å²) >= 11 is 0. The van der Waals surface area contributed by atoms with Gasteiger partial charge in [-0.2, -0.15) is 0 Å². The van der Waals surface area contributed by atoms with Gasteiger partial charge in [-0.15, -0.1) is 0 Å². The second kappa shape index (κ2) is 8.53. The molecule has 1 saturated heterocycles. The van der Waals surface area contributed by atoms with E-state index in [4.69, 9.17) is 0 Å². The molecular weight excluding hydrogens is 321 g/mol. The lowest BCUT2D eigenvalue weighted by atomic mass is 10.1. The SMILES string of the molecule is O=C(CN1CCN(c2ncccn2)CC1)NCCc1ccccc1F. The van der Waals surface area contributed by atoms with E-state index in [1.807, 2.05) is 0 Å². The molecule has 2 heterocycles. The maximum Gasteiger partial charge on any atom is 0.234 e. The third kappa shape index (κ3) is 4.96. The van der Waals surface area contributed by atoms with Crippen molar-refractivity contribution < 1.29 is 9.18 Å². The molecule has 0 aliphatic carbocycles. The highest BCUT2D eigenvalue weighted by Crippen LogP contribution is 2.09. The van der Waals surface area contributed by atoms with Gasteiger partial charge in [-0.05, 0) is 24.1 Å². The zero-order chi connectivity index (χ0) is 17.5. The Morgan fingerprint density at radius 3 is 2.52 bits per heavy atom. The maximum absolute atomic E-state index is 13.5. The minimum atomic E-state index is -0.226. The molecule has 1 fully saturated rings. The highest BCUT2D eigenvalue weighted by Gasteiger charge is 2.20. The molecule has 0 unspecified atom stereocenters. The quantitative estimate of drug-likeness (QED) is 0.851. The molecule has 2 aromatic rings. The first kappa shape index (κ1) is 17.3. The molecule has 0 bridgehead atoms. The second-order valence-electron chi connectivity index (χ2n) is 6.00. The van der Waals surface area contributed by atoms with E-state index in [0.29, 0.717) is 25.1 Å². The average molecular weight is 343 g/mol. The Labute approximate surface area is 146 Å². The summed E-state index contributed by atoms with van der Waals surface area (Å²) < 4.78 is 13.5. The van der Waals surface area contributed by atoms with Crippen LogP contribution >= 0.6 is 0 Å². The smallest absolute Gasteiger partial charge is 0.234 e. The van der Waals surface area contributed by atoms with E-state index in [9.17, 15) is 9.18 Å². The van der Waals surface area contributed by atoms with Gasteiger partial charge in [0.05, 0.1) is 6.54 Å². The van der Waals surface area contributed by atoms with Gasteiger partial charge in [0, 0.05) is 45.1 Å². The number of anilines is 1. The molecule has 1 aromatic heterocycles. The summed E-state index contributed by atoms with van der Waals surface area (Å²) in [5, 5.41) is 2.86. The molecule has 0 saturated carbocycles. The van der Waals surface area contributed by atoms with Gasteiger partial charge in [0.25, 0.3) is 0 Å². The number of halogens is 1. The highest BCUT2D eigenvalue weighted by atomic mass is 19.1. The van der Waals surface area contributed by atoms with Crippen LogP contribution in [0.5, 0.6) is 0 Å². The normalized spacial score (nSPS) is 15.2. The summed E-state index contributed by atoms with van der Waals surface area (Å²) in [7, 11) is 0. The molecule has 6 nitrogen and oxygen atoms in total. The summed E-state index contributed by atoms with van der Waals surface area (Å²) in [6.07, 6.45) is 3.97. The third-order valence-corrected chi connectivity index (χ3v) is 4.25. The Kier molecular flexibility index (Phi) is 5.90. The molecule has 1 N–H and O–H groups in total. The van der Waals surface area contributed by atoms with Crippen molar-refractivity contribution in [2.24, 2.45) is 0 Å². The number of aromatic nitrogens is 2. The van der Waals surface area contributed by atoms with Gasteiger partial charge in [0.2, 0.25) is 11.9 Å². The Morgan fingerprint density at radius 1 is 1.08 bits per heavy atom. The lowest BCUT2D eigenvalue weighted by molar-refractivity contribution is -0.122. The van der Waals surface area contributed by atoms with Crippen LogP contribution in [-0.4, -0.2) is 60.0 Å². The van der Waals surface area contributed by atoms with Gasteiger partial charge in [-0.1, -0.05) is 18.2 Å². The standard InChI is InChI=1S/C18H22FN5O/c19-16-5-2-1-4-15(16)6-9-20-17(25)14-23-10-12-24(13-11-23)18-21-7-3-8-22-18/h1-5,7-8H,6,9-14H2,(H,20,25). The van der Waals surface area contributed by atoms with Gasteiger partial charge < -0.3 is 10.2 Å². The topological polar surface area (TPSA) is 61.4 Å². The van der Waals surface area contributed by atoms with Gasteiger partial charge >= 0.3 is 0 Å². The lowest BCUT2D eigenvalue weighted by Crippen LogP contribution is -2.50. The van der Waals surface area contributed by atoms with Gasteiger partial charge in [0.1, 0.15) is 5.82 Å². The number of piperazine rings is 1. The largest absolute Gasteiger partial charge is 0.355 e. The Hall–Kier alpha value is -2.54. The van der Waals surface area contributed by atoms with Crippen molar-refractivity contribution in [3.63, 3.8) is 0 Å². The molecule has 0 radical (unpaired) electrons. The van der Waals surface area contributed by atoms with Crippen molar-refractivity contribution in [1.29, 1.82) is 0 Å². The first-order valence-electron chi connectivity index (χ1n) is 8.47. The zero-order valence-corrected chi connectivity index (χ0v) is 14.1. The number of hydrogen-bond acceptors (Lipinski definition) is 5. The molecule has 25 heavy (non-hydrogen) atoms. The van der Waals surface area contributed by atoms with E-state index in [1.54, 1.807) is 36.7 Å². The van der Waals surface area contributed by atoms with E-state index in [2.05, 4.69) is 25.1 Å². The number of amides is 1. The van der Waals surface area contributed by atoms with E-state index < -0.39 is 0 Å². The highest BCUT2D eigenvalue weighted by molar-refractivity contribution is 5.78. The predicted molar refractivity (Wildman–Crippen MR) is 93.8 cm³/mol. The molecule has 0 atom stereocenters. The predicted octanol–water partition coefficient (Wildman–Crippen LogP) is 1.10. The Morgan fingerprint density at radius 2 is 1.80 bits per heavy atom. The Bertz CT molecular complexity index is 689. The van der Waals surface area contributed by atoms with Crippen LogP contribution in [-0.2, 0) is 11.2 Å². The summed E-state index contributed by atoms with van der Waals surface area (Å²) in [4.78, 5) is 24.8. The van der Waals surface area contributed by atoms with E-state index in [1.165, 1.54) is 6.07 Å². The van der Waals surface area contributed by atoms with E-state index in [0.717, 1.165) is 32.1 Å². The molecule has 7 heteroatoms. The summed E-state index contributed by atoms with van der Waals surface area (Å²) in [6.45, 7) is 3.98. The molecule has 1 aliphatic heterocycles. The number of nitrogens with zero attached hydrogens (tertiary/aromatic N) is 4.